The van der Waals surface area contributed by atoms with E-state index in [0.29, 0.717) is 18.7 Å². The van der Waals surface area contributed by atoms with Gasteiger partial charge in [0, 0.05) is 20.2 Å². The maximum atomic E-state index is 13.3. The molecule has 1 amide bonds. The van der Waals surface area contributed by atoms with Crippen LogP contribution in [-0.2, 0) is 32.5 Å². The SMILES string of the molecule is COCCN(CC(=O)N(CCc1ccccc1)Cc1ccco1)S(=O)(=O)c1ccccc1. The van der Waals surface area contributed by atoms with E-state index in [2.05, 4.69) is 0 Å². The second-order valence-electron chi connectivity index (χ2n) is 7.27. The number of carbonyl (C=O) groups is 1. The molecule has 3 aromatic rings. The number of methoxy groups -OCH3 is 1. The molecule has 0 spiro atoms. The molecule has 1 heterocycles. The Morgan fingerprint density at radius 1 is 0.938 bits per heavy atom. The third kappa shape index (κ3) is 6.53. The minimum Gasteiger partial charge on any atom is -0.467 e. The van der Waals surface area contributed by atoms with Crippen molar-refractivity contribution in [2.75, 3.05) is 33.4 Å². The summed E-state index contributed by atoms with van der Waals surface area (Å²) in [5, 5.41) is 0. The first-order valence-corrected chi connectivity index (χ1v) is 11.8. The first-order valence-electron chi connectivity index (χ1n) is 10.4. The van der Waals surface area contributed by atoms with Gasteiger partial charge in [0.25, 0.3) is 0 Å². The molecule has 0 N–H and O–H groups in total. The fraction of sp³-hybridized carbons (Fsp3) is 0.292. The van der Waals surface area contributed by atoms with Crippen molar-refractivity contribution < 1.29 is 22.4 Å². The zero-order chi connectivity index (χ0) is 22.8. The number of benzene rings is 2. The number of ether oxygens (including phenoxy) is 1. The Bertz CT molecular complexity index is 1050. The minimum absolute atomic E-state index is 0.0761. The van der Waals surface area contributed by atoms with Crippen LogP contribution in [0, 0.1) is 0 Å². The zero-order valence-corrected chi connectivity index (χ0v) is 18.9. The molecule has 0 fully saturated rings. The van der Waals surface area contributed by atoms with Crippen molar-refractivity contribution in [2.24, 2.45) is 0 Å². The first kappa shape index (κ1) is 23.7. The standard InChI is InChI=1S/C24H28N2O5S/c1-30-18-16-26(32(28,29)23-12-6-3-7-13-23)20-24(27)25(19-22-11-8-17-31-22)15-14-21-9-4-2-5-10-21/h2-13,17H,14-16,18-20H2,1H3. The molecule has 0 atom stereocenters. The summed E-state index contributed by atoms with van der Waals surface area (Å²) < 4.78 is 38.0. The average Bonchev–Trinajstić information content (AvgIpc) is 3.33. The molecule has 0 bridgehead atoms. The van der Waals surface area contributed by atoms with Crippen LogP contribution in [-0.4, -0.2) is 56.9 Å². The van der Waals surface area contributed by atoms with E-state index < -0.39 is 10.0 Å². The van der Waals surface area contributed by atoms with Gasteiger partial charge in [0.15, 0.2) is 0 Å². The summed E-state index contributed by atoms with van der Waals surface area (Å²) >= 11 is 0. The highest BCUT2D eigenvalue weighted by atomic mass is 32.2. The first-order chi connectivity index (χ1) is 15.5. The van der Waals surface area contributed by atoms with Crippen LogP contribution in [0.25, 0.3) is 0 Å². The molecule has 0 aliphatic rings. The summed E-state index contributed by atoms with van der Waals surface area (Å²) in [6.45, 7) is 0.680. The number of nitrogens with zero attached hydrogens (tertiary/aromatic N) is 2. The van der Waals surface area contributed by atoms with Crippen molar-refractivity contribution in [1.29, 1.82) is 0 Å². The third-order valence-electron chi connectivity index (χ3n) is 5.03. The molecule has 8 heteroatoms. The molecule has 0 aliphatic heterocycles. The summed E-state index contributed by atoms with van der Waals surface area (Å²) in [5.41, 5.74) is 1.10. The maximum Gasteiger partial charge on any atom is 0.243 e. The molecule has 1 aromatic heterocycles. The molecule has 2 aromatic carbocycles. The highest BCUT2D eigenvalue weighted by Crippen LogP contribution is 2.16. The molecular weight excluding hydrogens is 428 g/mol. The predicted molar refractivity (Wildman–Crippen MR) is 121 cm³/mol. The Hall–Kier alpha value is -2.94. The van der Waals surface area contributed by atoms with Crippen LogP contribution in [0.4, 0.5) is 0 Å². The number of amides is 1. The smallest absolute Gasteiger partial charge is 0.243 e. The van der Waals surface area contributed by atoms with Crippen LogP contribution in [0.2, 0.25) is 0 Å². The van der Waals surface area contributed by atoms with Crippen molar-refractivity contribution >= 4 is 15.9 Å². The third-order valence-corrected chi connectivity index (χ3v) is 6.89. The zero-order valence-electron chi connectivity index (χ0n) is 18.1. The monoisotopic (exact) mass is 456 g/mol. The number of sulfonamides is 1. The van der Waals surface area contributed by atoms with Gasteiger partial charge in [-0.25, -0.2) is 8.42 Å². The van der Waals surface area contributed by atoms with Gasteiger partial charge in [-0.15, -0.1) is 0 Å². The minimum atomic E-state index is -3.85. The van der Waals surface area contributed by atoms with E-state index in [1.165, 1.54) is 23.5 Å². The molecule has 0 radical (unpaired) electrons. The molecule has 3 rings (SSSR count). The number of furan rings is 1. The number of hydrogen-bond donors (Lipinski definition) is 0. The maximum absolute atomic E-state index is 13.3. The van der Waals surface area contributed by atoms with Gasteiger partial charge >= 0.3 is 0 Å². The van der Waals surface area contributed by atoms with Crippen molar-refractivity contribution in [3.05, 3.63) is 90.4 Å². The van der Waals surface area contributed by atoms with Crippen molar-refractivity contribution in [1.82, 2.24) is 9.21 Å². The quantitative estimate of drug-likeness (QED) is 0.418. The van der Waals surface area contributed by atoms with Crippen LogP contribution >= 0.6 is 0 Å². The summed E-state index contributed by atoms with van der Waals surface area (Å²) in [5.74, 6) is 0.341. The van der Waals surface area contributed by atoms with Gasteiger partial charge < -0.3 is 14.1 Å². The molecule has 170 valence electrons. The van der Waals surface area contributed by atoms with E-state index in [1.54, 1.807) is 41.5 Å². The molecule has 0 unspecified atom stereocenters. The number of rotatable bonds is 12. The lowest BCUT2D eigenvalue weighted by atomic mass is 10.1. The van der Waals surface area contributed by atoms with Gasteiger partial charge in [-0.1, -0.05) is 48.5 Å². The van der Waals surface area contributed by atoms with Gasteiger partial charge in [-0.2, -0.15) is 4.31 Å². The summed E-state index contributed by atoms with van der Waals surface area (Å²) in [6, 6.07) is 21.5. The van der Waals surface area contributed by atoms with E-state index in [-0.39, 0.29) is 37.0 Å². The summed E-state index contributed by atoms with van der Waals surface area (Å²) in [4.78, 5) is 15.1. The highest BCUT2D eigenvalue weighted by Gasteiger charge is 2.28. The Balaban J connectivity index is 1.78. The van der Waals surface area contributed by atoms with E-state index in [0.717, 1.165) is 5.56 Å². The van der Waals surface area contributed by atoms with E-state index in [1.807, 2.05) is 30.3 Å². The van der Waals surface area contributed by atoms with Gasteiger partial charge in [0.05, 0.1) is 30.9 Å². The Labute approximate surface area is 189 Å². The van der Waals surface area contributed by atoms with Crippen LogP contribution < -0.4 is 0 Å². The lowest BCUT2D eigenvalue weighted by Gasteiger charge is -2.27. The van der Waals surface area contributed by atoms with E-state index in [9.17, 15) is 13.2 Å². The summed E-state index contributed by atoms with van der Waals surface area (Å²) in [6.07, 6.45) is 2.21. The van der Waals surface area contributed by atoms with Gasteiger partial charge in [0.1, 0.15) is 5.76 Å². The Kier molecular flexibility index (Phi) is 8.61. The van der Waals surface area contributed by atoms with Gasteiger partial charge in [0.2, 0.25) is 15.9 Å². The Morgan fingerprint density at radius 2 is 1.62 bits per heavy atom. The van der Waals surface area contributed by atoms with Crippen LogP contribution in [0.3, 0.4) is 0 Å². The molecule has 32 heavy (non-hydrogen) atoms. The fourth-order valence-electron chi connectivity index (χ4n) is 3.26. The number of hydrogen-bond acceptors (Lipinski definition) is 5. The van der Waals surface area contributed by atoms with Gasteiger partial charge in [-0.3, -0.25) is 4.79 Å². The van der Waals surface area contributed by atoms with Crippen LogP contribution in [0.1, 0.15) is 11.3 Å². The topological polar surface area (TPSA) is 80.1 Å². The van der Waals surface area contributed by atoms with Crippen molar-refractivity contribution in [3.8, 4) is 0 Å². The second kappa shape index (κ2) is 11.6. The second-order valence-corrected chi connectivity index (χ2v) is 9.21. The average molecular weight is 457 g/mol. The summed E-state index contributed by atoms with van der Waals surface area (Å²) in [7, 11) is -2.35. The molecule has 0 saturated heterocycles. The predicted octanol–water partition coefficient (Wildman–Crippen LogP) is 3.19. The van der Waals surface area contributed by atoms with Crippen molar-refractivity contribution in [3.63, 3.8) is 0 Å². The lowest BCUT2D eigenvalue weighted by molar-refractivity contribution is -0.132. The molecule has 0 aliphatic carbocycles. The van der Waals surface area contributed by atoms with Crippen LogP contribution in [0.15, 0.2) is 88.4 Å². The highest BCUT2D eigenvalue weighted by molar-refractivity contribution is 7.89. The normalized spacial score (nSPS) is 11.6. The number of carbonyl (C=O) groups excluding carboxylic acids is 1. The largest absolute Gasteiger partial charge is 0.467 e. The Morgan fingerprint density at radius 3 is 2.25 bits per heavy atom. The van der Waals surface area contributed by atoms with Crippen molar-refractivity contribution in [2.45, 2.75) is 17.9 Å². The molecular formula is C24H28N2O5S. The van der Waals surface area contributed by atoms with Gasteiger partial charge in [-0.05, 0) is 36.2 Å². The fourth-order valence-corrected chi connectivity index (χ4v) is 4.66. The van der Waals surface area contributed by atoms with Crippen LogP contribution in [0.5, 0.6) is 0 Å². The van der Waals surface area contributed by atoms with E-state index >= 15 is 0 Å². The lowest BCUT2D eigenvalue weighted by Crippen LogP contribution is -2.44. The molecule has 7 nitrogen and oxygen atoms in total. The van der Waals surface area contributed by atoms with E-state index in [4.69, 9.17) is 9.15 Å². The molecule has 0 saturated carbocycles.